The van der Waals surface area contributed by atoms with Crippen LogP contribution in [0, 0.1) is 10.1 Å². The molecule has 0 aliphatic heterocycles. The van der Waals surface area contributed by atoms with Gasteiger partial charge in [0.05, 0.1) is 16.4 Å². The third-order valence-electron chi connectivity index (χ3n) is 2.36. The highest BCUT2D eigenvalue weighted by molar-refractivity contribution is 7.16. The predicted molar refractivity (Wildman–Crippen MR) is 70.6 cm³/mol. The maximum absolute atomic E-state index is 11.8. The Morgan fingerprint density at radius 2 is 2.21 bits per heavy atom. The molecule has 1 atom stereocenters. The fourth-order valence-corrected chi connectivity index (χ4v) is 2.51. The van der Waals surface area contributed by atoms with Crippen molar-refractivity contribution in [2.75, 3.05) is 0 Å². The summed E-state index contributed by atoms with van der Waals surface area (Å²) in [5, 5.41) is 13.1. The number of rotatable bonds is 4. The van der Waals surface area contributed by atoms with Gasteiger partial charge in [-0.05, 0) is 25.1 Å². The first-order valence-corrected chi connectivity index (χ1v) is 6.47. The van der Waals surface area contributed by atoms with Gasteiger partial charge in [-0.25, -0.2) is 0 Å². The second-order valence-electron chi connectivity index (χ2n) is 3.73. The van der Waals surface area contributed by atoms with E-state index in [0.29, 0.717) is 4.34 Å². The second kappa shape index (κ2) is 5.41. The van der Waals surface area contributed by atoms with Gasteiger partial charge in [-0.3, -0.25) is 14.9 Å². The first-order valence-electron chi connectivity index (χ1n) is 5.27. The summed E-state index contributed by atoms with van der Waals surface area (Å²) in [4.78, 5) is 22.5. The molecule has 0 spiro atoms. The van der Waals surface area contributed by atoms with E-state index in [1.807, 2.05) is 6.07 Å². The van der Waals surface area contributed by atoms with Crippen molar-refractivity contribution in [2.45, 2.75) is 13.0 Å². The molecule has 1 N–H and O–H groups in total. The van der Waals surface area contributed by atoms with Crippen molar-refractivity contribution in [2.24, 2.45) is 0 Å². The van der Waals surface area contributed by atoms with Crippen LogP contribution in [0.2, 0.25) is 4.34 Å². The van der Waals surface area contributed by atoms with E-state index in [2.05, 4.69) is 5.32 Å². The van der Waals surface area contributed by atoms with Crippen molar-refractivity contribution in [3.63, 3.8) is 0 Å². The van der Waals surface area contributed by atoms with E-state index in [1.54, 1.807) is 13.0 Å². The Morgan fingerprint density at radius 1 is 1.47 bits per heavy atom. The number of carbonyl (C=O) groups is 1. The quantitative estimate of drug-likeness (QED) is 0.692. The lowest BCUT2D eigenvalue weighted by Crippen LogP contribution is -2.25. The molecule has 2 aromatic rings. The van der Waals surface area contributed by atoms with Crippen LogP contribution in [0.25, 0.3) is 0 Å². The second-order valence-corrected chi connectivity index (χ2v) is 5.48. The SMILES string of the molecule is C[C@H](NC(=O)c1ccc([N+](=O)[O-])o1)c1ccc(Cl)s1. The summed E-state index contributed by atoms with van der Waals surface area (Å²) < 4.78 is 5.44. The standard InChI is InChI=1S/C11H9ClN2O4S/c1-6(8-3-4-9(12)19-8)13-11(15)7-2-5-10(18-7)14(16)17/h2-6H,1H3,(H,13,15)/t6-/m0/s1. The summed E-state index contributed by atoms with van der Waals surface area (Å²) in [6.07, 6.45) is 0. The Morgan fingerprint density at radius 3 is 2.74 bits per heavy atom. The molecule has 0 saturated heterocycles. The van der Waals surface area contributed by atoms with E-state index in [9.17, 15) is 14.9 Å². The molecule has 2 aromatic heterocycles. The van der Waals surface area contributed by atoms with Crippen LogP contribution in [0.3, 0.4) is 0 Å². The lowest BCUT2D eigenvalue weighted by molar-refractivity contribution is -0.402. The van der Waals surface area contributed by atoms with Gasteiger partial charge in [0, 0.05) is 4.88 Å². The summed E-state index contributed by atoms with van der Waals surface area (Å²) in [6, 6.07) is 5.70. The molecule has 1 amide bonds. The minimum absolute atomic E-state index is 0.0961. The number of amides is 1. The van der Waals surface area contributed by atoms with Crippen LogP contribution in [0.15, 0.2) is 28.7 Å². The van der Waals surface area contributed by atoms with Crippen molar-refractivity contribution in [1.29, 1.82) is 0 Å². The van der Waals surface area contributed by atoms with E-state index in [4.69, 9.17) is 16.0 Å². The molecule has 0 radical (unpaired) electrons. The molecule has 0 bridgehead atoms. The molecule has 0 saturated carbocycles. The molecule has 0 aliphatic rings. The normalized spacial score (nSPS) is 12.1. The molecule has 100 valence electrons. The number of hydrogen-bond donors (Lipinski definition) is 1. The number of nitrogens with zero attached hydrogens (tertiary/aromatic N) is 1. The zero-order valence-electron chi connectivity index (χ0n) is 9.75. The zero-order valence-corrected chi connectivity index (χ0v) is 11.3. The van der Waals surface area contributed by atoms with Crippen LogP contribution >= 0.6 is 22.9 Å². The average molecular weight is 301 g/mol. The molecular weight excluding hydrogens is 292 g/mol. The van der Waals surface area contributed by atoms with Gasteiger partial charge >= 0.3 is 5.88 Å². The minimum atomic E-state index is -0.695. The minimum Gasteiger partial charge on any atom is -0.395 e. The van der Waals surface area contributed by atoms with Crippen LogP contribution in [0.5, 0.6) is 0 Å². The Kier molecular flexibility index (Phi) is 3.87. The van der Waals surface area contributed by atoms with Gasteiger partial charge in [-0.15, -0.1) is 11.3 Å². The fourth-order valence-electron chi connectivity index (χ4n) is 1.45. The van der Waals surface area contributed by atoms with E-state index < -0.39 is 16.7 Å². The first kappa shape index (κ1) is 13.6. The maximum Gasteiger partial charge on any atom is 0.433 e. The monoisotopic (exact) mass is 300 g/mol. The molecule has 2 heterocycles. The van der Waals surface area contributed by atoms with Gasteiger partial charge in [0.15, 0.2) is 5.76 Å². The van der Waals surface area contributed by atoms with Crippen molar-refractivity contribution < 1.29 is 14.1 Å². The summed E-state index contributed by atoms with van der Waals surface area (Å²) in [5.41, 5.74) is 0. The lowest BCUT2D eigenvalue weighted by atomic mass is 10.2. The Bertz CT molecular complexity index is 622. The highest BCUT2D eigenvalue weighted by Crippen LogP contribution is 2.27. The third kappa shape index (κ3) is 3.12. The van der Waals surface area contributed by atoms with Crippen molar-refractivity contribution in [1.82, 2.24) is 5.32 Å². The highest BCUT2D eigenvalue weighted by Gasteiger charge is 2.19. The number of hydrogen-bond acceptors (Lipinski definition) is 5. The van der Waals surface area contributed by atoms with Gasteiger partial charge < -0.3 is 9.73 Å². The molecular formula is C11H9ClN2O4S. The first-order chi connectivity index (χ1) is 8.97. The van der Waals surface area contributed by atoms with Gasteiger partial charge in [-0.2, -0.15) is 0 Å². The van der Waals surface area contributed by atoms with Crippen molar-refractivity contribution >= 4 is 34.7 Å². The Balaban J connectivity index is 2.06. The molecule has 6 nitrogen and oxygen atoms in total. The average Bonchev–Trinajstić information content (AvgIpc) is 2.96. The van der Waals surface area contributed by atoms with Crippen LogP contribution < -0.4 is 5.32 Å². The topological polar surface area (TPSA) is 85.4 Å². The Labute approximate surface area is 117 Å². The molecule has 0 unspecified atom stereocenters. The number of thiophene rings is 1. The van der Waals surface area contributed by atoms with Gasteiger partial charge in [-0.1, -0.05) is 11.6 Å². The van der Waals surface area contributed by atoms with E-state index in [-0.39, 0.29) is 11.8 Å². The fraction of sp³-hybridized carbons (Fsp3) is 0.182. The van der Waals surface area contributed by atoms with Crippen molar-refractivity contribution in [3.8, 4) is 0 Å². The van der Waals surface area contributed by atoms with Crippen molar-refractivity contribution in [3.05, 3.63) is 49.4 Å². The van der Waals surface area contributed by atoms with Crippen LogP contribution in [0.1, 0.15) is 28.4 Å². The third-order valence-corrected chi connectivity index (χ3v) is 3.78. The van der Waals surface area contributed by atoms with Crippen LogP contribution in [-0.2, 0) is 0 Å². The molecule has 19 heavy (non-hydrogen) atoms. The zero-order chi connectivity index (χ0) is 14.0. The summed E-state index contributed by atoms with van der Waals surface area (Å²) in [7, 11) is 0. The molecule has 0 aromatic carbocycles. The predicted octanol–water partition coefficient (Wildman–Crippen LogP) is 3.39. The number of halogens is 1. The summed E-state index contributed by atoms with van der Waals surface area (Å²) in [6.45, 7) is 1.79. The van der Waals surface area contributed by atoms with E-state index in [0.717, 1.165) is 10.9 Å². The number of carbonyl (C=O) groups excluding carboxylic acids is 1. The summed E-state index contributed by atoms with van der Waals surface area (Å²) in [5.74, 6) is -1.07. The van der Waals surface area contributed by atoms with Gasteiger partial charge in [0.2, 0.25) is 0 Å². The van der Waals surface area contributed by atoms with E-state index >= 15 is 0 Å². The number of nitrogens with one attached hydrogen (secondary N) is 1. The smallest absolute Gasteiger partial charge is 0.395 e. The highest BCUT2D eigenvalue weighted by atomic mass is 35.5. The van der Waals surface area contributed by atoms with E-state index in [1.165, 1.54) is 17.4 Å². The Hall–Kier alpha value is -1.86. The summed E-state index contributed by atoms with van der Waals surface area (Å²) >= 11 is 7.16. The molecule has 0 aliphatic carbocycles. The van der Waals surface area contributed by atoms with Crippen LogP contribution in [-0.4, -0.2) is 10.8 Å². The largest absolute Gasteiger partial charge is 0.433 e. The van der Waals surface area contributed by atoms with Gasteiger partial charge in [0.25, 0.3) is 5.91 Å². The number of furan rings is 1. The van der Waals surface area contributed by atoms with Crippen LogP contribution in [0.4, 0.5) is 5.88 Å². The molecule has 2 rings (SSSR count). The number of nitro groups is 1. The van der Waals surface area contributed by atoms with Gasteiger partial charge in [0.1, 0.15) is 4.92 Å². The molecule has 8 heteroatoms. The molecule has 0 fully saturated rings. The maximum atomic E-state index is 11.8. The lowest BCUT2D eigenvalue weighted by Gasteiger charge is -2.10.